The first-order valence-corrected chi connectivity index (χ1v) is 6.69. The number of hydrogen-bond acceptors (Lipinski definition) is 4. The largest absolute Gasteiger partial charge is 0.482 e. The molecular formula is C15H23NO3. The number of unbranched alkanes of at least 4 members (excludes halogenated alkanes) is 1. The van der Waals surface area contributed by atoms with E-state index < -0.39 is 0 Å². The van der Waals surface area contributed by atoms with Gasteiger partial charge in [-0.2, -0.15) is 0 Å². The molecule has 2 N–H and O–H groups in total. The lowest BCUT2D eigenvalue weighted by molar-refractivity contribution is -0.146. The molecule has 0 unspecified atom stereocenters. The highest BCUT2D eigenvalue weighted by Gasteiger charge is 2.10. The third-order valence-corrected chi connectivity index (χ3v) is 2.77. The van der Waals surface area contributed by atoms with E-state index >= 15 is 0 Å². The predicted octanol–water partition coefficient (Wildman–Crippen LogP) is 2.74. The maximum Gasteiger partial charge on any atom is 0.344 e. The summed E-state index contributed by atoms with van der Waals surface area (Å²) >= 11 is 0. The van der Waals surface area contributed by atoms with Gasteiger partial charge in [0.15, 0.2) is 6.61 Å². The Bertz CT molecular complexity index is 416. The van der Waals surface area contributed by atoms with E-state index in [0.717, 1.165) is 24.0 Å². The summed E-state index contributed by atoms with van der Waals surface area (Å²) in [4.78, 5) is 11.5. The zero-order valence-corrected chi connectivity index (χ0v) is 11.9. The van der Waals surface area contributed by atoms with E-state index in [0.29, 0.717) is 12.4 Å². The number of ether oxygens (including phenoxy) is 2. The maximum absolute atomic E-state index is 11.5. The fraction of sp³-hybridized carbons (Fsp3) is 0.533. The van der Waals surface area contributed by atoms with Gasteiger partial charge in [-0.1, -0.05) is 25.5 Å². The molecule has 0 heterocycles. The molecule has 1 aromatic rings. The molecule has 0 bridgehead atoms. The Kier molecular flexibility index (Phi) is 6.36. The molecule has 1 rings (SSSR count). The minimum atomic E-state index is -0.342. The SMILES string of the molecule is CCCCOC(=O)COc1cc(C)ccc1[C@H](C)N. The van der Waals surface area contributed by atoms with Crippen molar-refractivity contribution in [2.75, 3.05) is 13.2 Å². The smallest absolute Gasteiger partial charge is 0.344 e. The van der Waals surface area contributed by atoms with Crippen LogP contribution in [0.15, 0.2) is 18.2 Å². The third-order valence-electron chi connectivity index (χ3n) is 2.77. The molecular weight excluding hydrogens is 242 g/mol. The molecule has 0 radical (unpaired) electrons. The second kappa shape index (κ2) is 7.79. The summed E-state index contributed by atoms with van der Waals surface area (Å²) in [7, 11) is 0. The lowest BCUT2D eigenvalue weighted by Gasteiger charge is -2.14. The second-order valence-electron chi connectivity index (χ2n) is 4.69. The molecule has 0 amide bonds. The summed E-state index contributed by atoms with van der Waals surface area (Å²) in [5.41, 5.74) is 7.84. The van der Waals surface area contributed by atoms with Gasteiger partial charge in [-0.05, 0) is 31.9 Å². The third kappa shape index (κ3) is 5.30. The number of hydrogen-bond donors (Lipinski definition) is 1. The van der Waals surface area contributed by atoms with Crippen molar-refractivity contribution in [1.82, 2.24) is 0 Å². The second-order valence-corrected chi connectivity index (χ2v) is 4.69. The first-order valence-electron chi connectivity index (χ1n) is 6.69. The number of aryl methyl sites for hydroxylation is 1. The molecule has 0 fully saturated rings. The van der Waals surface area contributed by atoms with Crippen LogP contribution in [0, 0.1) is 6.92 Å². The molecule has 0 spiro atoms. The number of carbonyl (C=O) groups is 1. The van der Waals surface area contributed by atoms with Crippen molar-refractivity contribution in [3.63, 3.8) is 0 Å². The van der Waals surface area contributed by atoms with Gasteiger partial charge < -0.3 is 15.2 Å². The highest BCUT2D eigenvalue weighted by Crippen LogP contribution is 2.25. The summed E-state index contributed by atoms with van der Waals surface area (Å²) in [6.07, 6.45) is 1.88. The summed E-state index contributed by atoms with van der Waals surface area (Å²) in [5.74, 6) is 0.313. The van der Waals surface area contributed by atoms with Crippen LogP contribution in [-0.2, 0) is 9.53 Å². The molecule has 0 aliphatic heterocycles. The van der Waals surface area contributed by atoms with Gasteiger partial charge in [-0.25, -0.2) is 4.79 Å². The zero-order chi connectivity index (χ0) is 14.3. The molecule has 4 nitrogen and oxygen atoms in total. The molecule has 1 aromatic carbocycles. The van der Waals surface area contributed by atoms with Crippen LogP contribution in [0.2, 0.25) is 0 Å². The average Bonchev–Trinajstić information content (AvgIpc) is 2.36. The van der Waals surface area contributed by atoms with Gasteiger partial charge in [-0.15, -0.1) is 0 Å². The first kappa shape index (κ1) is 15.5. The van der Waals surface area contributed by atoms with Gasteiger partial charge in [0, 0.05) is 11.6 Å². The average molecular weight is 265 g/mol. The van der Waals surface area contributed by atoms with Crippen LogP contribution >= 0.6 is 0 Å². The quantitative estimate of drug-likeness (QED) is 0.608. The Morgan fingerprint density at radius 3 is 2.79 bits per heavy atom. The predicted molar refractivity (Wildman–Crippen MR) is 75.1 cm³/mol. The first-order chi connectivity index (χ1) is 9.04. The van der Waals surface area contributed by atoms with Gasteiger partial charge in [0.2, 0.25) is 0 Å². The minimum Gasteiger partial charge on any atom is -0.482 e. The van der Waals surface area contributed by atoms with Crippen molar-refractivity contribution in [3.05, 3.63) is 29.3 Å². The van der Waals surface area contributed by atoms with E-state index in [9.17, 15) is 4.79 Å². The van der Waals surface area contributed by atoms with Crippen LogP contribution in [0.5, 0.6) is 5.75 Å². The van der Waals surface area contributed by atoms with E-state index in [1.54, 1.807) is 0 Å². The molecule has 0 saturated heterocycles. The Morgan fingerprint density at radius 2 is 2.16 bits per heavy atom. The normalized spacial score (nSPS) is 12.0. The number of nitrogens with two attached hydrogens (primary N) is 1. The topological polar surface area (TPSA) is 61.5 Å². The van der Waals surface area contributed by atoms with Gasteiger partial charge >= 0.3 is 5.97 Å². The van der Waals surface area contributed by atoms with E-state index in [2.05, 4.69) is 0 Å². The van der Waals surface area contributed by atoms with Crippen molar-refractivity contribution in [3.8, 4) is 5.75 Å². The molecule has 0 saturated carbocycles. The summed E-state index contributed by atoms with van der Waals surface area (Å²) in [6.45, 7) is 6.28. The molecule has 19 heavy (non-hydrogen) atoms. The number of esters is 1. The van der Waals surface area contributed by atoms with Gasteiger partial charge in [-0.3, -0.25) is 0 Å². The van der Waals surface area contributed by atoms with Crippen molar-refractivity contribution >= 4 is 5.97 Å². The van der Waals surface area contributed by atoms with E-state index in [1.807, 2.05) is 39.0 Å². The van der Waals surface area contributed by atoms with Gasteiger partial charge in [0.1, 0.15) is 5.75 Å². The Labute approximate surface area is 114 Å². The molecule has 0 aliphatic carbocycles. The minimum absolute atomic E-state index is 0.0765. The Morgan fingerprint density at radius 1 is 1.42 bits per heavy atom. The molecule has 0 aromatic heterocycles. The summed E-state index contributed by atoms with van der Waals surface area (Å²) < 4.78 is 10.6. The van der Waals surface area contributed by atoms with Crippen molar-refractivity contribution in [2.24, 2.45) is 5.73 Å². The van der Waals surface area contributed by atoms with Gasteiger partial charge in [0.25, 0.3) is 0 Å². The van der Waals surface area contributed by atoms with Crippen LogP contribution in [-0.4, -0.2) is 19.2 Å². The van der Waals surface area contributed by atoms with Crippen molar-refractivity contribution in [2.45, 2.75) is 39.7 Å². The number of benzene rings is 1. The molecule has 106 valence electrons. The van der Waals surface area contributed by atoms with Crippen LogP contribution in [0.4, 0.5) is 0 Å². The van der Waals surface area contributed by atoms with Gasteiger partial charge in [0.05, 0.1) is 6.61 Å². The fourth-order valence-corrected chi connectivity index (χ4v) is 1.65. The van der Waals surface area contributed by atoms with E-state index in [-0.39, 0.29) is 18.6 Å². The Hall–Kier alpha value is -1.55. The highest BCUT2D eigenvalue weighted by atomic mass is 16.6. The Balaban J connectivity index is 2.56. The number of carbonyl (C=O) groups excluding carboxylic acids is 1. The van der Waals surface area contributed by atoms with E-state index in [4.69, 9.17) is 15.2 Å². The summed E-state index contributed by atoms with van der Waals surface area (Å²) in [5, 5.41) is 0. The van der Waals surface area contributed by atoms with Crippen LogP contribution < -0.4 is 10.5 Å². The lowest BCUT2D eigenvalue weighted by atomic mass is 10.1. The molecule has 4 heteroatoms. The van der Waals surface area contributed by atoms with Crippen molar-refractivity contribution in [1.29, 1.82) is 0 Å². The maximum atomic E-state index is 11.5. The van der Waals surface area contributed by atoms with Crippen LogP contribution in [0.1, 0.15) is 43.9 Å². The lowest BCUT2D eigenvalue weighted by Crippen LogP contribution is -2.17. The van der Waals surface area contributed by atoms with E-state index in [1.165, 1.54) is 0 Å². The van der Waals surface area contributed by atoms with Crippen molar-refractivity contribution < 1.29 is 14.3 Å². The monoisotopic (exact) mass is 265 g/mol. The highest BCUT2D eigenvalue weighted by molar-refractivity contribution is 5.71. The van der Waals surface area contributed by atoms with Crippen LogP contribution in [0.3, 0.4) is 0 Å². The fourth-order valence-electron chi connectivity index (χ4n) is 1.65. The standard InChI is InChI=1S/C15H23NO3/c1-4-5-8-18-15(17)10-19-14-9-11(2)6-7-13(14)12(3)16/h6-7,9,12H,4-5,8,10,16H2,1-3H3/t12-/m0/s1. The molecule has 1 atom stereocenters. The number of rotatable bonds is 7. The zero-order valence-electron chi connectivity index (χ0n) is 11.9. The van der Waals surface area contributed by atoms with Crippen LogP contribution in [0.25, 0.3) is 0 Å². The summed E-state index contributed by atoms with van der Waals surface area (Å²) in [6, 6.07) is 5.66. The molecule has 0 aliphatic rings.